The van der Waals surface area contributed by atoms with Crippen molar-refractivity contribution in [3.05, 3.63) is 53.8 Å². The van der Waals surface area contributed by atoms with Gasteiger partial charge in [0.1, 0.15) is 19.0 Å². The highest BCUT2D eigenvalue weighted by Gasteiger charge is 2.16. The summed E-state index contributed by atoms with van der Waals surface area (Å²) in [6, 6.07) is 10.3. The van der Waals surface area contributed by atoms with Crippen LogP contribution in [0.15, 0.2) is 46.9 Å². The van der Waals surface area contributed by atoms with Crippen LogP contribution in [0, 0.1) is 5.82 Å². The molecule has 4 rings (SSSR count). The van der Waals surface area contributed by atoms with Crippen molar-refractivity contribution in [2.75, 3.05) is 18.5 Å². The fraction of sp³-hybridized carbons (Fsp3) is 0.118. The molecule has 3 aromatic rings. The zero-order valence-electron chi connectivity index (χ0n) is 12.9. The first-order valence-corrected chi connectivity index (χ1v) is 7.49. The standard InChI is InChI=1S/C17H12FN3O4/c18-12-4-1-10(2-5-12)15(22)19-17-21-20-16(25-17)11-3-6-13-14(9-11)24-8-7-23-13/h1-6,9H,7-8H2,(H,19,21,22). The zero-order valence-corrected chi connectivity index (χ0v) is 12.9. The Kier molecular flexibility index (Phi) is 3.77. The van der Waals surface area contributed by atoms with Crippen LogP contribution in [-0.4, -0.2) is 29.3 Å². The van der Waals surface area contributed by atoms with E-state index < -0.39 is 11.7 Å². The fourth-order valence-electron chi connectivity index (χ4n) is 2.34. The van der Waals surface area contributed by atoms with Crippen molar-refractivity contribution >= 4 is 11.9 Å². The van der Waals surface area contributed by atoms with E-state index in [-0.39, 0.29) is 17.5 Å². The number of nitrogens with one attached hydrogen (secondary N) is 1. The molecule has 0 unspecified atom stereocenters. The lowest BCUT2D eigenvalue weighted by atomic mass is 10.2. The highest BCUT2D eigenvalue weighted by Crippen LogP contribution is 2.34. The number of anilines is 1. The van der Waals surface area contributed by atoms with Crippen molar-refractivity contribution in [2.45, 2.75) is 0 Å². The lowest BCUT2D eigenvalue weighted by Gasteiger charge is -2.18. The number of carbonyl (C=O) groups is 1. The molecule has 7 nitrogen and oxygen atoms in total. The first-order valence-electron chi connectivity index (χ1n) is 7.49. The van der Waals surface area contributed by atoms with E-state index in [0.29, 0.717) is 30.3 Å². The van der Waals surface area contributed by atoms with E-state index in [2.05, 4.69) is 15.5 Å². The van der Waals surface area contributed by atoms with E-state index in [0.717, 1.165) is 0 Å². The van der Waals surface area contributed by atoms with Gasteiger partial charge in [-0.2, -0.15) is 0 Å². The summed E-state index contributed by atoms with van der Waals surface area (Å²) in [6.07, 6.45) is 0. The van der Waals surface area contributed by atoms with Crippen molar-refractivity contribution in [2.24, 2.45) is 0 Å². The molecule has 0 bridgehead atoms. The first kappa shape index (κ1) is 15.1. The van der Waals surface area contributed by atoms with Crippen molar-refractivity contribution in [3.8, 4) is 23.0 Å². The third kappa shape index (κ3) is 3.14. The Morgan fingerprint density at radius 1 is 1.00 bits per heavy atom. The Morgan fingerprint density at radius 2 is 1.76 bits per heavy atom. The van der Waals surface area contributed by atoms with Crippen LogP contribution < -0.4 is 14.8 Å². The lowest BCUT2D eigenvalue weighted by Crippen LogP contribution is -2.15. The smallest absolute Gasteiger partial charge is 0.322 e. The Hall–Kier alpha value is -3.42. The number of halogens is 1. The van der Waals surface area contributed by atoms with Crippen LogP contribution in [0.1, 0.15) is 10.4 Å². The number of rotatable bonds is 3. The largest absolute Gasteiger partial charge is 0.486 e. The molecule has 25 heavy (non-hydrogen) atoms. The minimum Gasteiger partial charge on any atom is -0.486 e. The van der Waals surface area contributed by atoms with Gasteiger partial charge in [-0.3, -0.25) is 10.1 Å². The van der Waals surface area contributed by atoms with Crippen LogP contribution in [0.25, 0.3) is 11.5 Å². The normalized spacial score (nSPS) is 12.7. The van der Waals surface area contributed by atoms with Crippen molar-refractivity contribution < 1.29 is 23.1 Å². The van der Waals surface area contributed by atoms with Crippen molar-refractivity contribution in [1.29, 1.82) is 0 Å². The van der Waals surface area contributed by atoms with Gasteiger partial charge in [0, 0.05) is 11.1 Å². The number of aromatic nitrogens is 2. The summed E-state index contributed by atoms with van der Waals surface area (Å²) < 4.78 is 29.3. The van der Waals surface area contributed by atoms with Crippen LogP contribution in [0.2, 0.25) is 0 Å². The quantitative estimate of drug-likeness (QED) is 0.788. The molecule has 1 N–H and O–H groups in total. The van der Waals surface area contributed by atoms with E-state index >= 15 is 0 Å². The summed E-state index contributed by atoms with van der Waals surface area (Å²) in [5.41, 5.74) is 0.916. The summed E-state index contributed by atoms with van der Waals surface area (Å²) in [4.78, 5) is 12.1. The van der Waals surface area contributed by atoms with E-state index in [9.17, 15) is 9.18 Å². The van der Waals surface area contributed by atoms with Crippen LogP contribution in [0.4, 0.5) is 10.4 Å². The monoisotopic (exact) mass is 341 g/mol. The van der Waals surface area contributed by atoms with E-state index in [1.54, 1.807) is 18.2 Å². The number of carbonyl (C=O) groups excluding carboxylic acids is 1. The third-order valence-electron chi connectivity index (χ3n) is 3.54. The second-order valence-corrected chi connectivity index (χ2v) is 5.23. The second kappa shape index (κ2) is 6.23. The molecule has 0 atom stereocenters. The summed E-state index contributed by atoms with van der Waals surface area (Å²) in [7, 11) is 0. The maximum absolute atomic E-state index is 12.9. The first-order chi connectivity index (χ1) is 12.2. The molecule has 0 aliphatic carbocycles. The SMILES string of the molecule is O=C(Nc1nnc(-c2ccc3c(c2)OCCO3)o1)c1ccc(F)cc1. The van der Waals surface area contributed by atoms with Gasteiger partial charge in [-0.25, -0.2) is 4.39 Å². The molecule has 0 saturated carbocycles. The summed E-state index contributed by atoms with van der Waals surface area (Å²) in [5.74, 6) is 0.581. The number of fused-ring (bicyclic) bond motifs is 1. The molecule has 0 fully saturated rings. The predicted molar refractivity (Wildman–Crippen MR) is 85.1 cm³/mol. The molecule has 1 aromatic heterocycles. The second-order valence-electron chi connectivity index (χ2n) is 5.23. The Morgan fingerprint density at radius 3 is 2.56 bits per heavy atom. The predicted octanol–water partition coefficient (Wildman–Crippen LogP) is 2.90. The van der Waals surface area contributed by atoms with Crippen molar-refractivity contribution in [1.82, 2.24) is 10.2 Å². The molecule has 1 amide bonds. The molecule has 2 aromatic carbocycles. The molecular formula is C17H12FN3O4. The minimum atomic E-state index is -0.475. The summed E-state index contributed by atoms with van der Waals surface area (Å²) in [5, 5.41) is 10.2. The maximum Gasteiger partial charge on any atom is 0.322 e. The summed E-state index contributed by atoms with van der Waals surface area (Å²) >= 11 is 0. The molecule has 0 spiro atoms. The highest BCUT2D eigenvalue weighted by molar-refractivity contribution is 6.03. The van der Waals surface area contributed by atoms with Gasteiger partial charge in [-0.05, 0) is 42.5 Å². The van der Waals surface area contributed by atoms with Crippen LogP contribution >= 0.6 is 0 Å². The van der Waals surface area contributed by atoms with E-state index in [4.69, 9.17) is 13.9 Å². The number of hydrogen-bond donors (Lipinski definition) is 1. The third-order valence-corrected chi connectivity index (χ3v) is 3.54. The van der Waals surface area contributed by atoms with Gasteiger partial charge >= 0.3 is 6.01 Å². The molecule has 8 heteroatoms. The van der Waals surface area contributed by atoms with Crippen LogP contribution in [-0.2, 0) is 0 Å². The van der Waals surface area contributed by atoms with Gasteiger partial charge in [-0.1, -0.05) is 5.10 Å². The van der Waals surface area contributed by atoms with E-state index in [1.165, 1.54) is 24.3 Å². The molecule has 0 radical (unpaired) electrons. The molecular weight excluding hydrogens is 329 g/mol. The molecule has 0 saturated heterocycles. The average molecular weight is 341 g/mol. The average Bonchev–Trinajstić information content (AvgIpc) is 3.10. The lowest BCUT2D eigenvalue weighted by molar-refractivity contribution is 0.102. The van der Waals surface area contributed by atoms with Gasteiger partial charge in [-0.15, -0.1) is 5.10 Å². The van der Waals surface area contributed by atoms with Crippen LogP contribution in [0.3, 0.4) is 0 Å². The zero-order chi connectivity index (χ0) is 17.2. The van der Waals surface area contributed by atoms with Gasteiger partial charge in [0.2, 0.25) is 5.89 Å². The Bertz CT molecular complexity index is 924. The summed E-state index contributed by atoms with van der Waals surface area (Å²) in [6.45, 7) is 0.978. The number of nitrogens with zero attached hydrogens (tertiary/aromatic N) is 2. The molecule has 2 heterocycles. The minimum absolute atomic E-state index is 0.0563. The molecule has 126 valence electrons. The Balaban J connectivity index is 1.52. The highest BCUT2D eigenvalue weighted by atomic mass is 19.1. The number of benzene rings is 2. The maximum atomic E-state index is 12.9. The topological polar surface area (TPSA) is 86.5 Å². The fourth-order valence-corrected chi connectivity index (χ4v) is 2.34. The van der Waals surface area contributed by atoms with Gasteiger partial charge in [0.25, 0.3) is 5.91 Å². The number of amides is 1. The van der Waals surface area contributed by atoms with Crippen molar-refractivity contribution in [3.63, 3.8) is 0 Å². The molecule has 1 aliphatic heterocycles. The van der Waals surface area contributed by atoms with Gasteiger partial charge in [0.05, 0.1) is 0 Å². The molecule has 1 aliphatic rings. The number of hydrogen-bond acceptors (Lipinski definition) is 6. The van der Waals surface area contributed by atoms with E-state index in [1.807, 2.05) is 0 Å². The van der Waals surface area contributed by atoms with Gasteiger partial charge in [0.15, 0.2) is 11.5 Å². The van der Waals surface area contributed by atoms with Gasteiger partial charge < -0.3 is 13.9 Å². The Labute approximate surface area is 141 Å². The number of ether oxygens (including phenoxy) is 2. The van der Waals surface area contributed by atoms with Crippen LogP contribution in [0.5, 0.6) is 11.5 Å².